The first-order valence-electron chi connectivity index (χ1n) is 5.60. The van der Waals surface area contributed by atoms with E-state index in [0.717, 1.165) is 14.5 Å². The Bertz CT molecular complexity index is 641. The summed E-state index contributed by atoms with van der Waals surface area (Å²) in [4.78, 5) is 12.1. The Morgan fingerprint density at radius 2 is 1.89 bits per heavy atom. The number of carbonyl (C=O) groups excluding carboxylic acids is 1. The molecule has 0 spiro atoms. The van der Waals surface area contributed by atoms with Gasteiger partial charge >= 0.3 is 0 Å². The topological polar surface area (TPSA) is 55.1 Å². The molecule has 2 aromatic rings. The van der Waals surface area contributed by atoms with Crippen molar-refractivity contribution < 1.29 is 4.79 Å². The van der Waals surface area contributed by atoms with E-state index in [1.54, 1.807) is 12.1 Å². The molecule has 0 unspecified atom stereocenters. The van der Waals surface area contributed by atoms with Gasteiger partial charge in [0.1, 0.15) is 0 Å². The summed E-state index contributed by atoms with van der Waals surface area (Å²) < 4.78 is 1.65. The average Bonchev–Trinajstić information content (AvgIpc) is 2.33. The second-order valence-corrected chi connectivity index (χ2v) is 5.92. The second-order valence-electron chi connectivity index (χ2n) is 4.15. The van der Waals surface area contributed by atoms with E-state index in [1.165, 1.54) is 0 Å². The lowest BCUT2D eigenvalue weighted by molar-refractivity contribution is 0.102. The Kier molecular flexibility index (Phi) is 4.27. The van der Waals surface area contributed by atoms with Crippen LogP contribution in [0.15, 0.2) is 45.3 Å². The maximum Gasteiger partial charge on any atom is 0.256 e. The van der Waals surface area contributed by atoms with Gasteiger partial charge in [0.2, 0.25) is 0 Å². The van der Waals surface area contributed by atoms with Gasteiger partial charge in [0, 0.05) is 20.3 Å². The lowest BCUT2D eigenvalue weighted by Gasteiger charge is -2.09. The van der Waals surface area contributed by atoms with Crippen molar-refractivity contribution in [3.05, 3.63) is 56.5 Å². The average molecular weight is 384 g/mol. The van der Waals surface area contributed by atoms with Gasteiger partial charge in [0.25, 0.3) is 5.91 Å². The maximum atomic E-state index is 12.1. The summed E-state index contributed by atoms with van der Waals surface area (Å²) in [7, 11) is 0. The number of aryl methyl sites for hydroxylation is 1. The van der Waals surface area contributed by atoms with Crippen LogP contribution in [0, 0.1) is 6.92 Å². The molecule has 0 bridgehead atoms. The monoisotopic (exact) mass is 382 g/mol. The van der Waals surface area contributed by atoms with Gasteiger partial charge in [0.05, 0.1) is 5.56 Å². The van der Waals surface area contributed by atoms with E-state index in [9.17, 15) is 4.79 Å². The number of nitrogen functional groups attached to an aromatic ring is 1. The molecule has 0 atom stereocenters. The van der Waals surface area contributed by atoms with Crippen LogP contribution in [0.4, 0.5) is 11.4 Å². The zero-order chi connectivity index (χ0) is 14.0. The van der Waals surface area contributed by atoms with Gasteiger partial charge in [-0.15, -0.1) is 0 Å². The molecule has 3 N–H and O–H groups in total. The van der Waals surface area contributed by atoms with Crippen molar-refractivity contribution in [2.24, 2.45) is 0 Å². The van der Waals surface area contributed by atoms with E-state index in [1.807, 2.05) is 31.2 Å². The molecule has 0 saturated heterocycles. The Balaban J connectivity index is 2.23. The number of carbonyl (C=O) groups is 1. The zero-order valence-corrected chi connectivity index (χ0v) is 13.4. The summed E-state index contributed by atoms with van der Waals surface area (Å²) in [6.07, 6.45) is 0. The fourth-order valence-electron chi connectivity index (χ4n) is 1.59. The van der Waals surface area contributed by atoms with Crippen LogP contribution in [-0.4, -0.2) is 5.91 Å². The quantitative estimate of drug-likeness (QED) is 0.757. The predicted octanol–water partition coefficient (Wildman–Crippen LogP) is 4.35. The molecular weight excluding hydrogens is 372 g/mol. The van der Waals surface area contributed by atoms with Crippen molar-refractivity contribution in [1.29, 1.82) is 0 Å². The molecule has 5 heteroatoms. The van der Waals surface area contributed by atoms with Gasteiger partial charge in [0.15, 0.2) is 0 Å². The molecule has 2 aromatic carbocycles. The number of benzene rings is 2. The van der Waals surface area contributed by atoms with E-state index in [0.29, 0.717) is 16.9 Å². The van der Waals surface area contributed by atoms with Crippen molar-refractivity contribution >= 4 is 49.1 Å². The molecule has 0 saturated carbocycles. The molecule has 0 aliphatic carbocycles. The van der Waals surface area contributed by atoms with Crippen LogP contribution in [0.25, 0.3) is 0 Å². The largest absolute Gasteiger partial charge is 0.398 e. The molecule has 1 amide bonds. The van der Waals surface area contributed by atoms with Crippen LogP contribution >= 0.6 is 31.9 Å². The number of hydrogen-bond donors (Lipinski definition) is 2. The fourth-order valence-corrected chi connectivity index (χ4v) is 2.82. The lowest BCUT2D eigenvalue weighted by Crippen LogP contribution is -2.12. The van der Waals surface area contributed by atoms with Crippen molar-refractivity contribution in [3.63, 3.8) is 0 Å². The van der Waals surface area contributed by atoms with Crippen LogP contribution in [0.3, 0.4) is 0 Å². The number of rotatable bonds is 2. The number of nitrogens with one attached hydrogen (secondary N) is 1. The van der Waals surface area contributed by atoms with Crippen LogP contribution in [0.2, 0.25) is 0 Å². The summed E-state index contributed by atoms with van der Waals surface area (Å²) in [6.45, 7) is 1.92. The maximum absolute atomic E-state index is 12.1. The van der Waals surface area contributed by atoms with Gasteiger partial charge in [-0.25, -0.2) is 0 Å². The van der Waals surface area contributed by atoms with E-state index in [2.05, 4.69) is 37.2 Å². The smallest absolute Gasteiger partial charge is 0.256 e. The van der Waals surface area contributed by atoms with E-state index >= 15 is 0 Å². The Labute approximate surface area is 128 Å². The molecule has 2 rings (SSSR count). The number of anilines is 2. The molecule has 0 heterocycles. The van der Waals surface area contributed by atoms with E-state index in [-0.39, 0.29) is 5.91 Å². The Hall–Kier alpha value is -1.33. The minimum Gasteiger partial charge on any atom is -0.398 e. The molecule has 0 aliphatic rings. The highest BCUT2D eigenvalue weighted by molar-refractivity contribution is 9.11. The van der Waals surface area contributed by atoms with Gasteiger partial charge in [-0.05, 0) is 58.7 Å². The van der Waals surface area contributed by atoms with E-state index < -0.39 is 0 Å². The number of halogens is 2. The lowest BCUT2D eigenvalue weighted by atomic mass is 10.1. The van der Waals surface area contributed by atoms with Crippen LogP contribution in [-0.2, 0) is 0 Å². The SMILES string of the molecule is Cc1ccc(NC(=O)c2ccc(Br)cc2Br)cc1N. The first-order valence-corrected chi connectivity index (χ1v) is 7.18. The van der Waals surface area contributed by atoms with Gasteiger partial charge in [-0.1, -0.05) is 22.0 Å². The van der Waals surface area contributed by atoms with Crippen molar-refractivity contribution in [1.82, 2.24) is 0 Å². The predicted molar refractivity (Wildman–Crippen MR) is 85.4 cm³/mol. The van der Waals surface area contributed by atoms with Crippen molar-refractivity contribution in [2.75, 3.05) is 11.1 Å². The van der Waals surface area contributed by atoms with Gasteiger partial charge in [-0.2, -0.15) is 0 Å². The summed E-state index contributed by atoms with van der Waals surface area (Å²) in [6, 6.07) is 10.9. The van der Waals surface area contributed by atoms with Crippen molar-refractivity contribution in [3.8, 4) is 0 Å². The molecule has 98 valence electrons. The zero-order valence-electron chi connectivity index (χ0n) is 10.2. The molecule has 0 radical (unpaired) electrons. The molecule has 19 heavy (non-hydrogen) atoms. The molecule has 0 aromatic heterocycles. The number of nitrogens with two attached hydrogens (primary N) is 1. The van der Waals surface area contributed by atoms with Gasteiger partial charge < -0.3 is 11.1 Å². The normalized spacial score (nSPS) is 10.3. The van der Waals surface area contributed by atoms with Crippen LogP contribution in [0.5, 0.6) is 0 Å². The van der Waals surface area contributed by atoms with Crippen LogP contribution in [0.1, 0.15) is 15.9 Å². The summed E-state index contributed by atoms with van der Waals surface area (Å²) in [5.74, 6) is -0.178. The van der Waals surface area contributed by atoms with Gasteiger partial charge in [-0.3, -0.25) is 4.79 Å². The van der Waals surface area contributed by atoms with Crippen molar-refractivity contribution in [2.45, 2.75) is 6.92 Å². The highest BCUT2D eigenvalue weighted by Gasteiger charge is 2.10. The molecule has 3 nitrogen and oxygen atoms in total. The first-order chi connectivity index (χ1) is 8.97. The molecular formula is C14H12Br2N2O. The number of hydrogen-bond acceptors (Lipinski definition) is 2. The summed E-state index contributed by atoms with van der Waals surface area (Å²) >= 11 is 6.72. The first kappa shape index (κ1) is 14.1. The second kappa shape index (κ2) is 5.75. The van der Waals surface area contributed by atoms with Crippen LogP contribution < -0.4 is 11.1 Å². The van der Waals surface area contributed by atoms with E-state index in [4.69, 9.17) is 5.73 Å². The Morgan fingerprint density at radius 1 is 1.16 bits per heavy atom. The third kappa shape index (κ3) is 3.36. The fraction of sp³-hybridized carbons (Fsp3) is 0.0714. The summed E-state index contributed by atoms with van der Waals surface area (Å²) in [5.41, 5.74) is 8.72. The minimum atomic E-state index is -0.178. The highest BCUT2D eigenvalue weighted by Crippen LogP contribution is 2.23. The number of amides is 1. The third-order valence-electron chi connectivity index (χ3n) is 2.71. The highest BCUT2D eigenvalue weighted by atomic mass is 79.9. The minimum absolute atomic E-state index is 0.178. The molecule has 0 aliphatic heterocycles. The Morgan fingerprint density at radius 3 is 2.53 bits per heavy atom. The summed E-state index contributed by atoms with van der Waals surface area (Å²) in [5, 5.41) is 2.82. The third-order valence-corrected chi connectivity index (χ3v) is 3.86. The molecule has 0 fully saturated rings. The standard InChI is InChI=1S/C14H12Br2N2O/c1-8-2-4-10(7-13(8)17)18-14(19)11-5-3-9(15)6-12(11)16/h2-7H,17H2,1H3,(H,18,19).